The summed E-state index contributed by atoms with van der Waals surface area (Å²) in [6.45, 7) is 4.24. The van der Waals surface area contributed by atoms with Crippen molar-refractivity contribution in [3.8, 4) is 11.5 Å². The van der Waals surface area contributed by atoms with E-state index in [9.17, 15) is 9.59 Å². The molecule has 30 heavy (non-hydrogen) atoms. The van der Waals surface area contributed by atoms with Crippen molar-refractivity contribution in [1.82, 2.24) is 9.80 Å². The predicted molar refractivity (Wildman–Crippen MR) is 111 cm³/mol. The molecule has 1 aliphatic carbocycles. The molecule has 2 heterocycles. The Morgan fingerprint density at radius 2 is 1.77 bits per heavy atom. The Balaban J connectivity index is 1.28. The highest BCUT2D eigenvalue weighted by atomic mass is 16.5. The van der Waals surface area contributed by atoms with Gasteiger partial charge in [0.1, 0.15) is 11.5 Å². The molecule has 3 fully saturated rings. The second-order valence-corrected chi connectivity index (χ2v) is 8.68. The lowest BCUT2D eigenvalue weighted by Crippen LogP contribution is -2.42. The van der Waals surface area contributed by atoms with Gasteiger partial charge in [-0.25, -0.2) is 0 Å². The lowest BCUT2D eigenvalue weighted by atomic mass is 9.62. The van der Waals surface area contributed by atoms with Gasteiger partial charge in [0.15, 0.2) is 6.61 Å². The number of carbonyl (C=O) groups is 2. The van der Waals surface area contributed by atoms with Crippen LogP contribution < -0.4 is 9.47 Å². The third-order valence-electron chi connectivity index (χ3n) is 7.01. The average Bonchev–Trinajstić information content (AvgIpc) is 3.17. The third-order valence-corrected chi connectivity index (χ3v) is 7.01. The Labute approximate surface area is 178 Å². The quantitative estimate of drug-likeness (QED) is 0.683. The molecule has 2 amide bonds. The van der Waals surface area contributed by atoms with E-state index in [1.54, 1.807) is 7.11 Å². The molecule has 0 bridgehead atoms. The highest BCUT2D eigenvalue weighted by Gasteiger charge is 2.51. The summed E-state index contributed by atoms with van der Waals surface area (Å²) in [6.07, 6.45) is 4.97. The van der Waals surface area contributed by atoms with Crippen LogP contribution in [0.25, 0.3) is 0 Å². The molecule has 1 unspecified atom stereocenters. The van der Waals surface area contributed by atoms with E-state index in [0.29, 0.717) is 44.4 Å². The molecule has 2 saturated heterocycles. The minimum absolute atomic E-state index is 0.0269. The van der Waals surface area contributed by atoms with Crippen LogP contribution in [-0.4, -0.2) is 74.7 Å². The van der Waals surface area contributed by atoms with Crippen molar-refractivity contribution in [1.29, 1.82) is 0 Å². The highest BCUT2D eigenvalue weighted by molar-refractivity contribution is 5.78. The predicted octanol–water partition coefficient (Wildman–Crippen LogP) is 2.34. The molecule has 1 saturated carbocycles. The van der Waals surface area contributed by atoms with E-state index in [1.807, 2.05) is 34.1 Å². The van der Waals surface area contributed by atoms with Crippen molar-refractivity contribution in [2.24, 2.45) is 11.3 Å². The minimum atomic E-state index is 0.0269. The molecule has 1 atom stereocenters. The number of ether oxygens (including phenoxy) is 3. The maximum absolute atomic E-state index is 12.8. The van der Waals surface area contributed by atoms with Crippen LogP contribution in [-0.2, 0) is 14.3 Å². The van der Waals surface area contributed by atoms with E-state index in [2.05, 4.69) is 0 Å². The van der Waals surface area contributed by atoms with E-state index in [0.717, 1.165) is 38.1 Å². The molecule has 0 aromatic heterocycles. The Kier molecular flexibility index (Phi) is 6.46. The summed E-state index contributed by atoms with van der Waals surface area (Å²) in [7, 11) is 1.62. The Hall–Kier alpha value is -2.28. The number of morpholine rings is 1. The molecule has 164 valence electrons. The van der Waals surface area contributed by atoms with Crippen LogP contribution in [0.3, 0.4) is 0 Å². The van der Waals surface area contributed by atoms with Crippen molar-refractivity contribution in [2.75, 3.05) is 53.1 Å². The molecule has 0 radical (unpaired) electrons. The number of hydrogen-bond acceptors (Lipinski definition) is 5. The number of carbonyl (C=O) groups excluding carboxylic acids is 2. The largest absolute Gasteiger partial charge is 0.497 e. The first-order valence-electron chi connectivity index (χ1n) is 11.0. The van der Waals surface area contributed by atoms with Gasteiger partial charge >= 0.3 is 0 Å². The van der Waals surface area contributed by atoms with Gasteiger partial charge in [0.2, 0.25) is 5.91 Å². The number of methoxy groups -OCH3 is 1. The fraction of sp³-hybridized carbons (Fsp3) is 0.652. The lowest BCUT2D eigenvalue weighted by Gasteiger charge is -2.43. The van der Waals surface area contributed by atoms with Gasteiger partial charge in [-0.05, 0) is 54.9 Å². The Bertz CT molecular complexity index is 740. The third kappa shape index (κ3) is 4.56. The summed E-state index contributed by atoms with van der Waals surface area (Å²) in [5, 5.41) is 0. The minimum Gasteiger partial charge on any atom is -0.497 e. The van der Waals surface area contributed by atoms with Gasteiger partial charge in [-0.3, -0.25) is 9.59 Å². The summed E-state index contributed by atoms with van der Waals surface area (Å²) in [5.74, 6) is 2.07. The van der Waals surface area contributed by atoms with E-state index in [-0.39, 0.29) is 23.8 Å². The molecule has 7 heteroatoms. The molecule has 4 rings (SSSR count). The summed E-state index contributed by atoms with van der Waals surface area (Å²) >= 11 is 0. The summed E-state index contributed by atoms with van der Waals surface area (Å²) in [5.41, 5.74) is 0.209. The maximum atomic E-state index is 12.8. The molecule has 0 N–H and O–H groups in total. The lowest BCUT2D eigenvalue weighted by molar-refractivity contribution is -0.135. The van der Waals surface area contributed by atoms with E-state index in [4.69, 9.17) is 14.2 Å². The summed E-state index contributed by atoms with van der Waals surface area (Å²) < 4.78 is 16.2. The highest BCUT2D eigenvalue weighted by Crippen LogP contribution is 2.53. The first-order valence-corrected chi connectivity index (χ1v) is 11.0. The van der Waals surface area contributed by atoms with Gasteiger partial charge in [0.25, 0.3) is 5.91 Å². The molecule has 1 aromatic carbocycles. The molecule has 7 nitrogen and oxygen atoms in total. The summed E-state index contributed by atoms with van der Waals surface area (Å²) in [4.78, 5) is 29.2. The van der Waals surface area contributed by atoms with Crippen LogP contribution >= 0.6 is 0 Å². The zero-order valence-electron chi connectivity index (χ0n) is 17.8. The zero-order valence-corrected chi connectivity index (χ0v) is 17.8. The molecule has 2 aliphatic heterocycles. The van der Waals surface area contributed by atoms with Crippen molar-refractivity contribution >= 4 is 11.8 Å². The van der Waals surface area contributed by atoms with Crippen LogP contribution in [0.15, 0.2) is 24.3 Å². The average molecular weight is 417 g/mol. The molecule has 1 aromatic rings. The van der Waals surface area contributed by atoms with Gasteiger partial charge in [-0.1, -0.05) is 6.42 Å². The van der Waals surface area contributed by atoms with Crippen molar-refractivity contribution in [3.63, 3.8) is 0 Å². The number of hydrogen-bond donors (Lipinski definition) is 0. The second-order valence-electron chi connectivity index (χ2n) is 8.68. The van der Waals surface area contributed by atoms with Crippen LogP contribution in [0.2, 0.25) is 0 Å². The monoisotopic (exact) mass is 416 g/mol. The molecule has 1 spiro atoms. The molecule has 3 aliphatic rings. The number of likely N-dealkylation sites (tertiary alicyclic amines) is 1. The fourth-order valence-corrected chi connectivity index (χ4v) is 5.00. The SMILES string of the molecule is COc1ccc(OCC(=O)N2CC(CCC(=O)N3CCOCC3)C3(CCC3)C2)cc1. The zero-order chi connectivity index (χ0) is 21.0. The van der Waals surface area contributed by atoms with Crippen LogP contribution in [0.4, 0.5) is 0 Å². The Morgan fingerprint density at radius 3 is 2.40 bits per heavy atom. The first kappa shape index (κ1) is 21.0. The van der Waals surface area contributed by atoms with Crippen molar-refractivity contribution in [3.05, 3.63) is 24.3 Å². The van der Waals surface area contributed by atoms with E-state index < -0.39 is 0 Å². The molecular formula is C23H32N2O5. The topological polar surface area (TPSA) is 68.3 Å². The van der Waals surface area contributed by atoms with Gasteiger partial charge in [-0.2, -0.15) is 0 Å². The van der Waals surface area contributed by atoms with Crippen LogP contribution in [0.5, 0.6) is 11.5 Å². The molecular weight excluding hydrogens is 384 g/mol. The van der Waals surface area contributed by atoms with Gasteiger partial charge in [-0.15, -0.1) is 0 Å². The van der Waals surface area contributed by atoms with Gasteiger partial charge in [0, 0.05) is 32.6 Å². The van der Waals surface area contributed by atoms with Crippen molar-refractivity contribution < 1.29 is 23.8 Å². The number of benzene rings is 1. The number of nitrogens with zero attached hydrogens (tertiary/aromatic N) is 2. The number of amides is 2. The van der Waals surface area contributed by atoms with Gasteiger partial charge < -0.3 is 24.0 Å². The smallest absolute Gasteiger partial charge is 0.260 e. The van der Waals surface area contributed by atoms with Crippen LogP contribution in [0, 0.1) is 11.3 Å². The number of rotatable bonds is 7. The van der Waals surface area contributed by atoms with Crippen LogP contribution in [0.1, 0.15) is 32.1 Å². The first-order chi connectivity index (χ1) is 14.6. The van der Waals surface area contributed by atoms with Gasteiger partial charge in [0.05, 0.1) is 20.3 Å². The Morgan fingerprint density at radius 1 is 1.07 bits per heavy atom. The normalized spacial score (nSPS) is 22.6. The van der Waals surface area contributed by atoms with E-state index in [1.165, 1.54) is 6.42 Å². The van der Waals surface area contributed by atoms with E-state index >= 15 is 0 Å². The second kappa shape index (κ2) is 9.25. The summed E-state index contributed by atoms with van der Waals surface area (Å²) in [6, 6.07) is 7.26. The maximum Gasteiger partial charge on any atom is 0.260 e. The standard InChI is InChI=1S/C23H32N2O5/c1-28-19-4-6-20(7-5-19)30-16-22(27)25-15-18(23(17-25)9-2-10-23)3-8-21(26)24-11-13-29-14-12-24/h4-7,18H,2-3,8-17H2,1H3. The van der Waals surface area contributed by atoms with Crippen molar-refractivity contribution in [2.45, 2.75) is 32.1 Å². The fourth-order valence-electron chi connectivity index (χ4n) is 5.00.